The molecule has 1 N–H and O–H groups in total. The number of anilines is 1. The monoisotopic (exact) mass is 294 g/mol. The van der Waals surface area contributed by atoms with E-state index in [1.54, 1.807) is 6.07 Å². The number of nitrogens with one attached hydrogen (secondary N) is 1. The zero-order chi connectivity index (χ0) is 15.6. The molecule has 0 heterocycles. The summed E-state index contributed by atoms with van der Waals surface area (Å²) in [4.78, 5) is 10.9. The van der Waals surface area contributed by atoms with Crippen molar-refractivity contribution in [1.29, 1.82) is 0 Å². The number of benzene rings is 1. The Balaban J connectivity index is 2.31. The van der Waals surface area contributed by atoms with Gasteiger partial charge in [-0.3, -0.25) is 10.1 Å². The second-order valence-corrected chi connectivity index (χ2v) is 6.23. The first-order valence-electron chi connectivity index (χ1n) is 7.03. The van der Waals surface area contributed by atoms with Crippen molar-refractivity contribution in [2.24, 2.45) is 5.41 Å². The highest BCUT2D eigenvalue weighted by Gasteiger charge is 2.32. The Hall–Kier alpha value is -1.98. The van der Waals surface area contributed by atoms with E-state index in [1.807, 2.05) is 0 Å². The molecule has 1 unspecified atom stereocenters. The van der Waals surface area contributed by atoms with Gasteiger partial charge in [0.15, 0.2) is 11.5 Å². The maximum Gasteiger partial charge on any atom is 0.296 e. The molecule has 1 aromatic carbocycles. The Labute approximate surface area is 124 Å². The highest BCUT2D eigenvalue weighted by Crippen LogP contribution is 2.42. The van der Waals surface area contributed by atoms with Gasteiger partial charge in [0.05, 0.1) is 25.2 Å². The minimum absolute atomic E-state index is 0.0114. The highest BCUT2D eigenvalue weighted by atomic mass is 16.6. The van der Waals surface area contributed by atoms with E-state index in [2.05, 4.69) is 19.2 Å². The van der Waals surface area contributed by atoms with E-state index >= 15 is 0 Å². The minimum atomic E-state index is -0.398. The third-order valence-corrected chi connectivity index (χ3v) is 4.03. The molecule has 21 heavy (non-hydrogen) atoms. The van der Waals surface area contributed by atoms with Gasteiger partial charge in [0.2, 0.25) is 0 Å². The van der Waals surface area contributed by atoms with Crippen LogP contribution in [0.3, 0.4) is 0 Å². The Morgan fingerprint density at radius 2 is 1.90 bits per heavy atom. The summed E-state index contributed by atoms with van der Waals surface area (Å²) in [5.74, 6) is 0.851. The Kier molecular flexibility index (Phi) is 4.25. The van der Waals surface area contributed by atoms with Gasteiger partial charge >= 0.3 is 0 Å². The summed E-state index contributed by atoms with van der Waals surface area (Å²) >= 11 is 0. The largest absolute Gasteiger partial charge is 0.493 e. The number of nitro groups is 1. The van der Waals surface area contributed by atoms with E-state index in [1.165, 1.54) is 20.3 Å². The van der Waals surface area contributed by atoms with Crippen molar-refractivity contribution in [3.05, 3.63) is 22.2 Å². The maximum absolute atomic E-state index is 11.3. The molecule has 1 aliphatic carbocycles. The zero-order valence-corrected chi connectivity index (χ0v) is 12.9. The van der Waals surface area contributed by atoms with Gasteiger partial charge in [0.25, 0.3) is 5.69 Å². The first-order valence-corrected chi connectivity index (χ1v) is 7.03. The molecule has 0 aromatic heterocycles. The molecule has 2 rings (SSSR count). The van der Waals surface area contributed by atoms with Crippen LogP contribution in [0.4, 0.5) is 11.4 Å². The van der Waals surface area contributed by atoms with Crippen LogP contribution in [0.1, 0.15) is 33.1 Å². The second kappa shape index (κ2) is 5.79. The lowest BCUT2D eigenvalue weighted by Crippen LogP contribution is -2.18. The van der Waals surface area contributed by atoms with Crippen LogP contribution in [-0.2, 0) is 0 Å². The molecule has 0 saturated heterocycles. The fourth-order valence-electron chi connectivity index (χ4n) is 2.91. The van der Waals surface area contributed by atoms with Crippen LogP contribution in [0.15, 0.2) is 12.1 Å². The molecule has 1 saturated carbocycles. The lowest BCUT2D eigenvalue weighted by atomic mass is 9.92. The number of nitrogens with zero attached hydrogens (tertiary/aromatic N) is 1. The van der Waals surface area contributed by atoms with Crippen LogP contribution in [0.5, 0.6) is 11.5 Å². The van der Waals surface area contributed by atoms with E-state index in [-0.39, 0.29) is 17.1 Å². The number of hydrogen-bond acceptors (Lipinski definition) is 5. The van der Waals surface area contributed by atoms with Crippen LogP contribution >= 0.6 is 0 Å². The molecule has 1 fully saturated rings. The summed E-state index contributed by atoms with van der Waals surface area (Å²) in [6.45, 7) is 4.44. The van der Waals surface area contributed by atoms with Gasteiger partial charge in [0, 0.05) is 12.1 Å². The van der Waals surface area contributed by atoms with Gasteiger partial charge in [-0.25, -0.2) is 0 Å². The zero-order valence-electron chi connectivity index (χ0n) is 12.9. The van der Waals surface area contributed by atoms with E-state index in [0.29, 0.717) is 17.2 Å². The fourth-order valence-corrected chi connectivity index (χ4v) is 2.91. The van der Waals surface area contributed by atoms with Crippen molar-refractivity contribution in [3.63, 3.8) is 0 Å². The number of rotatable bonds is 5. The maximum atomic E-state index is 11.3. The third kappa shape index (κ3) is 3.37. The molecule has 0 bridgehead atoms. The first-order chi connectivity index (χ1) is 9.86. The molecular weight excluding hydrogens is 272 g/mol. The number of nitro benzene ring substituents is 1. The second-order valence-electron chi connectivity index (χ2n) is 6.23. The van der Waals surface area contributed by atoms with Crippen LogP contribution in [-0.4, -0.2) is 25.2 Å². The predicted octanol–water partition coefficient (Wildman–Crippen LogP) is 3.60. The SMILES string of the molecule is COc1cc(NC2CCC(C)(C)C2)c([N+](=O)[O-])cc1OC. The molecule has 1 aliphatic rings. The summed E-state index contributed by atoms with van der Waals surface area (Å²) < 4.78 is 10.4. The van der Waals surface area contributed by atoms with Crippen molar-refractivity contribution in [2.75, 3.05) is 19.5 Å². The molecule has 0 spiro atoms. The summed E-state index contributed by atoms with van der Waals surface area (Å²) in [6, 6.07) is 3.29. The van der Waals surface area contributed by atoms with E-state index in [4.69, 9.17) is 9.47 Å². The molecule has 6 nitrogen and oxygen atoms in total. The molecule has 1 aromatic rings. The Bertz CT molecular complexity index is 543. The topological polar surface area (TPSA) is 73.6 Å². The van der Waals surface area contributed by atoms with Gasteiger partial charge in [-0.15, -0.1) is 0 Å². The summed E-state index contributed by atoms with van der Waals surface area (Å²) in [7, 11) is 2.99. The van der Waals surface area contributed by atoms with Crippen molar-refractivity contribution in [1.82, 2.24) is 0 Å². The van der Waals surface area contributed by atoms with Crippen LogP contribution in [0.2, 0.25) is 0 Å². The molecule has 0 amide bonds. The molecular formula is C15H22N2O4. The molecule has 0 radical (unpaired) electrons. The average Bonchev–Trinajstić information content (AvgIpc) is 2.77. The third-order valence-electron chi connectivity index (χ3n) is 4.03. The molecule has 0 aliphatic heterocycles. The number of ether oxygens (including phenoxy) is 2. The summed E-state index contributed by atoms with van der Waals surface area (Å²) in [5.41, 5.74) is 0.779. The van der Waals surface area contributed by atoms with Crippen molar-refractivity contribution >= 4 is 11.4 Å². The van der Waals surface area contributed by atoms with E-state index < -0.39 is 4.92 Å². The Morgan fingerprint density at radius 1 is 1.29 bits per heavy atom. The van der Waals surface area contributed by atoms with Gasteiger partial charge in [-0.05, 0) is 24.7 Å². The van der Waals surface area contributed by atoms with Crippen molar-refractivity contribution in [3.8, 4) is 11.5 Å². The number of hydrogen-bond donors (Lipinski definition) is 1. The normalized spacial score (nSPS) is 20.1. The van der Waals surface area contributed by atoms with Gasteiger partial charge in [-0.1, -0.05) is 13.8 Å². The fraction of sp³-hybridized carbons (Fsp3) is 0.600. The molecule has 1 atom stereocenters. The Morgan fingerprint density at radius 3 is 2.38 bits per heavy atom. The lowest BCUT2D eigenvalue weighted by molar-refractivity contribution is -0.384. The standard InChI is InChI=1S/C15H22N2O4/c1-15(2)6-5-10(9-15)16-11-7-13(20-3)14(21-4)8-12(11)17(18)19/h7-8,10,16H,5-6,9H2,1-4H3. The lowest BCUT2D eigenvalue weighted by Gasteiger charge is -2.19. The average molecular weight is 294 g/mol. The smallest absolute Gasteiger partial charge is 0.296 e. The first kappa shape index (κ1) is 15.4. The van der Waals surface area contributed by atoms with E-state index in [0.717, 1.165) is 19.3 Å². The van der Waals surface area contributed by atoms with Crippen LogP contribution in [0.25, 0.3) is 0 Å². The quantitative estimate of drug-likeness (QED) is 0.663. The predicted molar refractivity (Wildman–Crippen MR) is 81.2 cm³/mol. The van der Waals surface area contributed by atoms with Gasteiger partial charge in [-0.2, -0.15) is 0 Å². The summed E-state index contributed by atoms with van der Waals surface area (Å²) in [6.07, 6.45) is 3.13. The molecule has 6 heteroatoms. The van der Waals surface area contributed by atoms with Gasteiger partial charge < -0.3 is 14.8 Å². The summed E-state index contributed by atoms with van der Waals surface area (Å²) in [5, 5.41) is 14.6. The van der Waals surface area contributed by atoms with Crippen LogP contribution < -0.4 is 14.8 Å². The highest BCUT2D eigenvalue weighted by molar-refractivity contribution is 5.68. The minimum Gasteiger partial charge on any atom is -0.493 e. The van der Waals surface area contributed by atoms with E-state index in [9.17, 15) is 10.1 Å². The van der Waals surface area contributed by atoms with Crippen molar-refractivity contribution < 1.29 is 14.4 Å². The van der Waals surface area contributed by atoms with Crippen LogP contribution in [0, 0.1) is 15.5 Å². The number of methoxy groups -OCH3 is 2. The van der Waals surface area contributed by atoms with Crippen molar-refractivity contribution in [2.45, 2.75) is 39.2 Å². The van der Waals surface area contributed by atoms with Gasteiger partial charge in [0.1, 0.15) is 5.69 Å². The molecule has 116 valence electrons.